The van der Waals surface area contributed by atoms with E-state index >= 15 is 0 Å². The van der Waals surface area contributed by atoms with Crippen molar-refractivity contribution in [3.8, 4) is 0 Å². The van der Waals surface area contributed by atoms with Gasteiger partial charge < -0.3 is 10.8 Å². The predicted molar refractivity (Wildman–Crippen MR) is 53.8 cm³/mol. The van der Waals surface area contributed by atoms with Crippen LogP contribution in [-0.4, -0.2) is 28.0 Å². The van der Waals surface area contributed by atoms with E-state index in [2.05, 4.69) is 5.10 Å². The molecule has 0 aliphatic heterocycles. The van der Waals surface area contributed by atoms with Crippen LogP contribution < -0.4 is 5.73 Å². The number of nitrogens with two attached hydrogens (primary N) is 1. The molecule has 0 amide bonds. The van der Waals surface area contributed by atoms with Gasteiger partial charge in [-0.25, -0.2) is 0 Å². The molecule has 1 heterocycles. The van der Waals surface area contributed by atoms with Gasteiger partial charge in [0.15, 0.2) is 0 Å². The molecule has 0 aromatic carbocycles. The minimum atomic E-state index is 0.313. The summed E-state index contributed by atoms with van der Waals surface area (Å²) in [6.45, 7) is 0.967. The summed E-state index contributed by atoms with van der Waals surface area (Å²) in [7, 11) is 0. The van der Waals surface area contributed by atoms with Crippen molar-refractivity contribution in [3.63, 3.8) is 0 Å². The van der Waals surface area contributed by atoms with Gasteiger partial charge >= 0.3 is 0 Å². The first kappa shape index (κ1) is 9.68. The van der Waals surface area contributed by atoms with Crippen molar-refractivity contribution in [1.82, 2.24) is 9.78 Å². The lowest BCUT2D eigenvalue weighted by atomic mass is 9.81. The lowest BCUT2D eigenvalue weighted by Crippen LogP contribution is -2.29. The maximum absolute atomic E-state index is 8.89. The Kier molecular flexibility index (Phi) is 2.84. The quantitative estimate of drug-likeness (QED) is 0.727. The first-order chi connectivity index (χ1) is 6.83. The van der Waals surface area contributed by atoms with E-state index < -0.39 is 0 Å². The summed E-state index contributed by atoms with van der Waals surface area (Å²) < 4.78 is 2.01. The highest BCUT2D eigenvalue weighted by Crippen LogP contribution is 2.36. The molecule has 1 aliphatic carbocycles. The molecule has 4 heteroatoms. The fraction of sp³-hybridized carbons (Fsp3) is 0.700. The van der Waals surface area contributed by atoms with E-state index in [-0.39, 0.29) is 0 Å². The van der Waals surface area contributed by atoms with Gasteiger partial charge in [0.1, 0.15) is 0 Å². The van der Waals surface area contributed by atoms with Gasteiger partial charge in [0, 0.05) is 19.2 Å². The number of nitrogens with zero attached hydrogens (tertiary/aromatic N) is 2. The lowest BCUT2D eigenvalue weighted by Gasteiger charge is -2.34. The normalized spacial score (nSPS) is 26.1. The van der Waals surface area contributed by atoms with E-state index in [9.17, 15) is 0 Å². The predicted octanol–water partition coefficient (Wildman–Crippen LogP) is 0.328. The maximum atomic E-state index is 8.89. The summed E-state index contributed by atoms with van der Waals surface area (Å²) >= 11 is 0. The fourth-order valence-corrected chi connectivity index (χ4v) is 1.93. The lowest BCUT2D eigenvalue weighted by molar-refractivity contribution is 0.105. The van der Waals surface area contributed by atoms with Crippen LogP contribution in [0.2, 0.25) is 0 Å². The number of aliphatic hydroxyl groups excluding tert-OH is 1. The third kappa shape index (κ3) is 1.81. The number of aliphatic hydroxyl groups is 1. The molecule has 2 rings (SSSR count). The van der Waals surface area contributed by atoms with Gasteiger partial charge in [-0.15, -0.1) is 0 Å². The second kappa shape index (κ2) is 4.11. The van der Waals surface area contributed by atoms with Gasteiger partial charge in [-0.3, -0.25) is 4.68 Å². The largest absolute Gasteiger partial charge is 0.396 e. The molecule has 1 saturated carbocycles. The van der Waals surface area contributed by atoms with Crippen molar-refractivity contribution in [1.29, 1.82) is 0 Å². The summed E-state index contributed by atoms with van der Waals surface area (Å²) in [6.07, 6.45) is 4.98. The Morgan fingerprint density at radius 1 is 1.57 bits per heavy atom. The van der Waals surface area contributed by atoms with E-state index in [1.807, 2.05) is 16.9 Å². The molecule has 1 fully saturated rings. The van der Waals surface area contributed by atoms with Crippen LogP contribution in [0.3, 0.4) is 0 Å². The second-order valence-electron chi connectivity index (χ2n) is 4.00. The zero-order chi connectivity index (χ0) is 9.97. The molecule has 0 radical (unpaired) electrons. The summed E-state index contributed by atoms with van der Waals surface area (Å²) in [5, 5.41) is 13.3. The Labute approximate surface area is 83.7 Å². The minimum absolute atomic E-state index is 0.313. The number of rotatable bonds is 4. The van der Waals surface area contributed by atoms with Gasteiger partial charge in [-0.2, -0.15) is 5.10 Å². The highest BCUT2D eigenvalue weighted by molar-refractivity contribution is 5.01. The molecule has 1 aromatic heterocycles. The van der Waals surface area contributed by atoms with E-state index in [1.165, 1.54) is 0 Å². The van der Waals surface area contributed by atoms with Crippen molar-refractivity contribution in [2.75, 3.05) is 13.2 Å². The van der Waals surface area contributed by atoms with Gasteiger partial charge in [0.05, 0.1) is 11.7 Å². The molecule has 14 heavy (non-hydrogen) atoms. The highest BCUT2D eigenvalue weighted by Gasteiger charge is 2.30. The van der Waals surface area contributed by atoms with E-state index in [0.717, 1.165) is 25.0 Å². The molecule has 0 bridgehead atoms. The molecule has 0 spiro atoms. The molecule has 1 aromatic rings. The topological polar surface area (TPSA) is 64.1 Å². The molecule has 0 unspecified atom stereocenters. The Balaban J connectivity index is 1.91. The number of hydrogen-bond acceptors (Lipinski definition) is 3. The van der Waals surface area contributed by atoms with Crippen LogP contribution in [0.15, 0.2) is 12.3 Å². The Hall–Kier alpha value is -0.870. The molecule has 3 N–H and O–H groups in total. The fourth-order valence-electron chi connectivity index (χ4n) is 1.93. The van der Waals surface area contributed by atoms with Gasteiger partial charge in [-0.1, -0.05) is 0 Å². The summed E-state index contributed by atoms with van der Waals surface area (Å²) in [5.41, 5.74) is 6.52. The third-order valence-electron chi connectivity index (χ3n) is 2.91. The van der Waals surface area contributed by atoms with E-state index in [0.29, 0.717) is 25.1 Å². The summed E-state index contributed by atoms with van der Waals surface area (Å²) in [6, 6.07) is 2.53. The smallest absolute Gasteiger partial charge is 0.0637 e. The van der Waals surface area contributed by atoms with Crippen LogP contribution in [0.5, 0.6) is 0 Å². The molecule has 1 aliphatic rings. The average Bonchev–Trinajstić information content (AvgIpc) is 2.52. The monoisotopic (exact) mass is 195 g/mol. The Bertz CT molecular complexity index is 291. The molecule has 4 nitrogen and oxygen atoms in total. The van der Waals surface area contributed by atoms with Gasteiger partial charge in [0.25, 0.3) is 0 Å². The van der Waals surface area contributed by atoms with Crippen LogP contribution in [0.4, 0.5) is 0 Å². The molecule has 0 atom stereocenters. The van der Waals surface area contributed by atoms with Crippen molar-refractivity contribution in [3.05, 3.63) is 18.0 Å². The van der Waals surface area contributed by atoms with Crippen molar-refractivity contribution < 1.29 is 5.11 Å². The standard InChI is InChI=1S/C10H17N3O/c11-3-1-9-2-4-13(12-9)10-5-8(6-10)7-14/h2,4,8,10,14H,1,3,5-7,11H2. The zero-order valence-electron chi connectivity index (χ0n) is 8.26. The van der Waals surface area contributed by atoms with Crippen LogP contribution in [0.1, 0.15) is 24.6 Å². The third-order valence-corrected chi connectivity index (χ3v) is 2.91. The zero-order valence-corrected chi connectivity index (χ0v) is 8.26. The molecule has 78 valence electrons. The van der Waals surface area contributed by atoms with Crippen LogP contribution >= 0.6 is 0 Å². The first-order valence-corrected chi connectivity index (χ1v) is 5.18. The number of hydrogen-bond donors (Lipinski definition) is 2. The SMILES string of the molecule is NCCc1ccn(C2CC(CO)C2)n1. The minimum Gasteiger partial charge on any atom is -0.396 e. The van der Waals surface area contributed by atoms with Crippen molar-refractivity contribution >= 4 is 0 Å². The van der Waals surface area contributed by atoms with Gasteiger partial charge in [0.2, 0.25) is 0 Å². The van der Waals surface area contributed by atoms with Crippen molar-refractivity contribution in [2.24, 2.45) is 11.7 Å². The Morgan fingerprint density at radius 3 is 3.00 bits per heavy atom. The number of aromatic nitrogens is 2. The molecular weight excluding hydrogens is 178 g/mol. The summed E-state index contributed by atoms with van der Waals surface area (Å²) in [4.78, 5) is 0. The summed E-state index contributed by atoms with van der Waals surface area (Å²) in [5.74, 6) is 0.488. The molecular formula is C10H17N3O. The second-order valence-corrected chi connectivity index (χ2v) is 4.00. The van der Waals surface area contributed by atoms with E-state index in [1.54, 1.807) is 0 Å². The van der Waals surface area contributed by atoms with Crippen LogP contribution in [0, 0.1) is 5.92 Å². The van der Waals surface area contributed by atoms with Gasteiger partial charge in [-0.05, 0) is 31.4 Å². The first-order valence-electron chi connectivity index (χ1n) is 5.18. The van der Waals surface area contributed by atoms with Crippen molar-refractivity contribution in [2.45, 2.75) is 25.3 Å². The van der Waals surface area contributed by atoms with Crippen LogP contribution in [0.25, 0.3) is 0 Å². The van der Waals surface area contributed by atoms with E-state index in [4.69, 9.17) is 10.8 Å². The maximum Gasteiger partial charge on any atom is 0.0637 e. The molecule has 0 saturated heterocycles. The Morgan fingerprint density at radius 2 is 2.36 bits per heavy atom. The average molecular weight is 195 g/mol. The van der Waals surface area contributed by atoms with Crippen LogP contribution in [-0.2, 0) is 6.42 Å². The highest BCUT2D eigenvalue weighted by atomic mass is 16.3.